The van der Waals surface area contributed by atoms with Crippen molar-refractivity contribution in [2.75, 3.05) is 0 Å². The van der Waals surface area contributed by atoms with Gasteiger partial charge in [-0.15, -0.1) is 89.5 Å². The quantitative estimate of drug-likeness (QED) is 0.121. The summed E-state index contributed by atoms with van der Waals surface area (Å²) in [5.74, 6) is 1.56. The fourth-order valence-electron chi connectivity index (χ4n) is 9.75. The van der Waals surface area contributed by atoms with E-state index in [4.69, 9.17) is 15.0 Å². The van der Waals surface area contributed by atoms with Crippen LogP contribution in [0.5, 0.6) is 0 Å². The molecule has 0 spiro atoms. The second kappa shape index (κ2) is 20.6. The van der Waals surface area contributed by atoms with E-state index < -0.39 is 0 Å². The molecule has 0 aliphatic carbocycles. The van der Waals surface area contributed by atoms with Gasteiger partial charge in [0.15, 0.2) is 0 Å². The molecule has 5 heterocycles. The van der Waals surface area contributed by atoms with Crippen molar-refractivity contribution in [3.8, 4) is 112 Å². The van der Waals surface area contributed by atoms with E-state index in [0.29, 0.717) is 0 Å². The summed E-state index contributed by atoms with van der Waals surface area (Å²) in [6, 6.07) is 86.0. The number of aromatic nitrogens is 7. The molecule has 0 saturated carbocycles. The fraction of sp³-hybridized carbons (Fsp3) is 0. The molecule has 0 unspecified atom stereocenters. The molecule has 0 fully saturated rings. The smallest absolute Gasteiger partial charge is 0.341 e. The molecule has 354 valence electrons. The van der Waals surface area contributed by atoms with Crippen LogP contribution in [0.2, 0.25) is 0 Å². The number of imidazole rings is 2. The first-order valence-corrected chi connectivity index (χ1v) is 24.4. The van der Waals surface area contributed by atoms with E-state index in [1.54, 1.807) is 12.4 Å². The van der Waals surface area contributed by atoms with Gasteiger partial charge >= 0.3 is 20.1 Å². The second-order valence-electron chi connectivity index (χ2n) is 17.9. The number of benzene rings is 8. The molecular formula is C67H42IrN7. The van der Waals surface area contributed by atoms with Crippen LogP contribution in [0, 0.1) is 18.2 Å². The maximum atomic E-state index is 5.17. The minimum atomic E-state index is 0. The van der Waals surface area contributed by atoms with Crippen LogP contribution in [0.25, 0.3) is 123 Å². The summed E-state index contributed by atoms with van der Waals surface area (Å²) in [6.45, 7) is 0. The number of hydrogen-bond donors (Lipinski definition) is 0. The number of hydrogen-bond acceptors (Lipinski definition) is 5. The zero-order valence-electron chi connectivity index (χ0n) is 40.2. The summed E-state index contributed by atoms with van der Waals surface area (Å²) in [5.41, 5.74) is 18.8. The minimum absolute atomic E-state index is 0. The molecule has 0 aliphatic heterocycles. The Hall–Kier alpha value is -9.46. The summed E-state index contributed by atoms with van der Waals surface area (Å²) in [7, 11) is 0. The summed E-state index contributed by atoms with van der Waals surface area (Å²) in [5, 5.41) is 1.11. The van der Waals surface area contributed by atoms with Gasteiger partial charge in [0.05, 0.1) is 5.52 Å². The van der Waals surface area contributed by atoms with E-state index in [2.05, 4.69) is 195 Å². The summed E-state index contributed by atoms with van der Waals surface area (Å²) in [4.78, 5) is 24.2. The Bertz CT molecular complexity index is 3940. The number of fused-ring (bicyclic) bond motifs is 1. The van der Waals surface area contributed by atoms with Crippen LogP contribution in [-0.4, -0.2) is 34.1 Å². The van der Waals surface area contributed by atoms with Gasteiger partial charge in [0.25, 0.3) is 0 Å². The molecule has 7 nitrogen and oxygen atoms in total. The monoisotopic (exact) mass is 1140 g/mol. The number of rotatable bonds is 11. The molecule has 13 aromatic rings. The van der Waals surface area contributed by atoms with Crippen molar-refractivity contribution in [3.63, 3.8) is 0 Å². The standard InChI is InChI=1S/C67H42N7.Ir/c1-2-12-46(13-3-1)47-20-22-49(23-21-47)61-45-65(72-64-19-7-6-16-60(61)64)52-26-24-48(25-27-52)58-14-4-5-15-59(58)53-42-54(66-70-38-40-73(66)56-32-28-50(29-33-56)62-17-8-10-36-68-62)44-55(43-53)67-71-39-41-74(67)57-34-30-51(31-35-57)63-18-9-11-37-69-63;/h1-26,28,30,32-45H;/q-3;+3. The predicted octanol–water partition coefficient (Wildman–Crippen LogP) is 15.8. The summed E-state index contributed by atoms with van der Waals surface area (Å²) >= 11 is 0. The Kier molecular flexibility index (Phi) is 12.8. The van der Waals surface area contributed by atoms with Crippen molar-refractivity contribution in [1.82, 2.24) is 34.1 Å². The van der Waals surface area contributed by atoms with E-state index >= 15 is 0 Å². The second-order valence-corrected chi connectivity index (χ2v) is 17.9. The van der Waals surface area contributed by atoms with Crippen molar-refractivity contribution in [2.24, 2.45) is 0 Å². The van der Waals surface area contributed by atoms with Crippen LogP contribution in [0.3, 0.4) is 0 Å². The predicted molar refractivity (Wildman–Crippen MR) is 297 cm³/mol. The number of para-hydroxylation sites is 1. The first kappa shape index (κ1) is 46.6. The van der Waals surface area contributed by atoms with Crippen LogP contribution >= 0.6 is 0 Å². The van der Waals surface area contributed by atoms with Crippen molar-refractivity contribution >= 4 is 10.9 Å². The molecule has 0 aliphatic rings. The van der Waals surface area contributed by atoms with Gasteiger partial charge in [-0.1, -0.05) is 139 Å². The Morgan fingerprint density at radius 2 is 0.813 bits per heavy atom. The molecule has 75 heavy (non-hydrogen) atoms. The average molecular weight is 1140 g/mol. The van der Waals surface area contributed by atoms with Crippen LogP contribution in [0.4, 0.5) is 0 Å². The van der Waals surface area contributed by atoms with E-state index in [9.17, 15) is 0 Å². The van der Waals surface area contributed by atoms with Gasteiger partial charge in [-0.05, 0) is 98.2 Å². The summed E-state index contributed by atoms with van der Waals surface area (Å²) < 4.78 is 4.20. The maximum absolute atomic E-state index is 5.17. The van der Waals surface area contributed by atoms with Crippen molar-refractivity contribution in [2.45, 2.75) is 0 Å². The first-order valence-electron chi connectivity index (χ1n) is 24.4. The maximum Gasteiger partial charge on any atom is 3.00 e. The van der Waals surface area contributed by atoms with Gasteiger partial charge in [-0.3, -0.25) is 4.98 Å². The third-order valence-corrected chi connectivity index (χ3v) is 13.4. The van der Waals surface area contributed by atoms with Crippen molar-refractivity contribution in [1.29, 1.82) is 0 Å². The van der Waals surface area contributed by atoms with E-state index in [0.717, 1.165) is 112 Å². The molecule has 0 radical (unpaired) electrons. The van der Waals surface area contributed by atoms with Crippen LogP contribution < -0.4 is 0 Å². The minimum Gasteiger partial charge on any atom is -0.341 e. The molecule has 5 aromatic heterocycles. The fourth-order valence-corrected chi connectivity index (χ4v) is 9.75. The Morgan fingerprint density at radius 1 is 0.320 bits per heavy atom. The topological polar surface area (TPSA) is 74.3 Å². The number of pyridine rings is 3. The first-order chi connectivity index (χ1) is 36.7. The zero-order chi connectivity index (χ0) is 49.2. The number of nitrogens with zero attached hydrogens (tertiary/aromatic N) is 7. The van der Waals surface area contributed by atoms with Gasteiger partial charge < -0.3 is 19.1 Å². The third kappa shape index (κ3) is 9.32. The molecule has 0 atom stereocenters. The van der Waals surface area contributed by atoms with Crippen LogP contribution in [0.1, 0.15) is 0 Å². The van der Waals surface area contributed by atoms with Crippen molar-refractivity contribution in [3.05, 3.63) is 274 Å². The Morgan fingerprint density at radius 3 is 1.39 bits per heavy atom. The molecule has 8 aromatic carbocycles. The molecule has 13 rings (SSSR count). The van der Waals surface area contributed by atoms with Crippen LogP contribution in [-0.2, 0) is 20.1 Å². The molecular weight excluding hydrogens is 1100 g/mol. The normalized spacial score (nSPS) is 11.1. The Labute approximate surface area is 448 Å². The van der Waals surface area contributed by atoms with E-state index in [1.807, 2.05) is 85.5 Å². The molecule has 0 N–H and O–H groups in total. The summed E-state index contributed by atoms with van der Waals surface area (Å²) in [6.07, 6.45) is 11.3. The van der Waals surface area contributed by atoms with Crippen molar-refractivity contribution < 1.29 is 20.1 Å². The van der Waals surface area contributed by atoms with Crippen LogP contribution in [0.15, 0.2) is 256 Å². The zero-order valence-corrected chi connectivity index (χ0v) is 42.6. The van der Waals surface area contributed by atoms with Gasteiger partial charge in [0, 0.05) is 53.7 Å². The van der Waals surface area contributed by atoms with E-state index in [1.165, 1.54) is 11.1 Å². The average Bonchev–Trinajstić information content (AvgIpc) is 4.21. The molecule has 0 amide bonds. The SMILES string of the molecule is [Ir+3].[c-]1cc(-n2ccnc2-c2cc(-c3ccccc3-c3c[c-]c(-c4cc(-c5ccc(-c6ccccc6)cc5)c5ccccc5n4)cc3)cc(-c3nccn3-c3c[c-]c(-c4ccccn4)cc3)c2)ccc1-c1ccccn1. The van der Waals surface area contributed by atoms with E-state index in [-0.39, 0.29) is 20.1 Å². The molecule has 0 bridgehead atoms. The van der Waals surface area contributed by atoms with Gasteiger partial charge in [0.1, 0.15) is 11.6 Å². The molecule has 8 heteroatoms. The Balaban J connectivity index is 0.00000569. The molecule has 0 saturated heterocycles. The van der Waals surface area contributed by atoms with Gasteiger partial charge in [-0.25, -0.2) is 9.97 Å². The third-order valence-electron chi connectivity index (χ3n) is 13.4. The van der Waals surface area contributed by atoms with Gasteiger partial charge in [-0.2, -0.15) is 0 Å². The van der Waals surface area contributed by atoms with Gasteiger partial charge in [0.2, 0.25) is 0 Å². The largest absolute Gasteiger partial charge is 3.00 e.